The number of aromatic nitrogens is 2. The van der Waals surface area contributed by atoms with Crippen LogP contribution in [0, 0.1) is 0 Å². The van der Waals surface area contributed by atoms with Gasteiger partial charge in [0.15, 0.2) is 23.0 Å². The lowest BCUT2D eigenvalue weighted by Crippen LogP contribution is -2.15. The minimum absolute atomic E-state index is 0.00584. The maximum atomic E-state index is 10.7. The van der Waals surface area contributed by atoms with Crippen LogP contribution in [-0.4, -0.2) is 41.2 Å². The van der Waals surface area contributed by atoms with E-state index in [2.05, 4.69) is 15.3 Å². The van der Waals surface area contributed by atoms with Crippen molar-refractivity contribution in [1.29, 1.82) is 0 Å². The molecule has 3 N–H and O–H groups in total. The number of anilines is 1. The number of aromatic hydroxyl groups is 2. The quantitative estimate of drug-likeness (QED) is 0.577. The Hall–Kier alpha value is -3.88. The van der Waals surface area contributed by atoms with Gasteiger partial charge in [0.2, 0.25) is 18.5 Å². The van der Waals surface area contributed by atoms with Gasteiger partial charge in [0.1, 0.15) is 5.75 Å². The number of nitrogens with zero attached hydrogens (tertiary/aromatic N) is 2. The van der Waals surface area contributed by atoms with Crippen molar-refractivity contribution in [1.82, 2.24) is 9.97 Å². The lowest BCUT2D eigenvalue weighted by atomic mass is 9.96. The van der Waals surface area contributed by atoms with E-state index in [4.69, 9.17) is 18.9 Å². The number of methoxy groups -OCH3 is 2. The van der Waals surface area contributed by atoms with Gasteiger partial charge >= 0.3 is 0 Å². The second-order valence-electron chi connectivity index (χ2n) is 6.19. The third-order valence-corrected chi connectivity index (χ3v) is 4.51. The van der Waals surface area contributed by atoms with Crippen molar-refractivity contribution in [3.05, 3.63) is 53.9 Å². The van der Waals surface area contributed by atoms with Crippen LogP contribution in [0.4, 0.5) is 5.95 Å². The van der Waals surface area contributed by atoms with Crippen LogP contribution in [0.25, 0.3) is 0 Å². The Kier molecular flexibility index (Phi) is 4.86. The number of ether oxygens (including phenoxy) is 4. The molecular weight excluding hydrogens is 378 g/mol. The lowest BCUT2D eigenvalue weighted by Gasteiger charge is -2.22. The summed E-state index contributed by atoms with van der Waals surface area (Å²) in [5, 5.41) is 24.1. The van der Waals surface area contributed by atoms with Crippen molar-refractivity contribution in [2.75, 3.05) is 26.3 Å². The fourth-order valence-electron chi connectivity index (χ4n) is 3.10. The van der Waals surface area contributed by atoms with Crippen LogP contribution in [-0.2, 0) is 0 Å². The fourth-order valence-corrected chi connectivity index (χ4v) is 3.10. The van der Waals surface area contributed by atoms with E-state index >= 15 is 0 Å². The summed E-state index contributed by atoms with van der Waals surface area (Å²) < 4.78 is 21.3. The van der Waals surface area contributed by atoms with Crippen molar-refractivity contribution < 1.29 is 29.2 Å². The van der Waals surface area contributed by atoms with Crippen LogP contribution in [0.1, 0.15) is 17.2 Å². The van der Waals surface area contributed by atoms with E-state index in [-0.39, 0.29) is 29.8 Å². The van der Waals surface area contributed by atoms with Crippen LogP contribution in [0.5, 0.6) is 34.5 Å². The molecule has 0 amide bonds. The number of nitrogens with one attached hydrogen (secondary N) is 1. The van der Waals surface area contributed by atoms with Crippen molar-refractivity contribution in [3.8, 4) is 34.5 Å². The number of hydrogen-bond donors (Lipinski definition) is 3. The molecule has 2 heterocycles. The van der Waals surface area contributed by atoms with Crippen molar-refractivity contribution in [3.63, 3.8) is 0 Å². The summed E-state index contributed by atoms with van der Waals surface area (Å²) in [6.45, 7) is 0.0823. The molecule has 4 rings (SSSR count). The summed E-state index contributed by atoms with van der Waals surface area (Å²) in [4.78, 5) is 8.41. The first-order chi connectivity index (χ1) is 14.1. The molecule has 0 radical (unpaired) electrons. The van der Waals surface area contributed by atoms with Gasteiger partial charge in [-0.25, -0.2) is 9.97 Å². The van der Waals surface area contributed by atoms with Gasteiger partial charge in [-0.2, -0.15) is 0 Å². The Morgan fingerprint density at radius 1 is 0.966 bits per heavy atom. The second kappa shape index (κ2) is 7.63. The van der Waals surface area contributed by atoms with Gasteiger partial charge in [-0.15, -0.1) is 0 Å². The molecule has 1 aromatic heterocycles. The maximum absolute atomic E-state index is 10.7. The first kappa shape index (κ1) is 18.5. The van der Waals surface area contributed by atoms with E-state index in [0.29, 0.717) is 28.6 Å². The lowest BCUT2D eigenvalue weighted by molar-refractivity contribution is 0.174. The predicted octanol–water partition coefficient (Wildman–Crippen LogP) is 2.84. The summed E-state index contributed by atoms with van der Waals surface area (Å²) in [5.74, 6) is 1.64. The summed E-state index contributed by atoms with van der Waals surface area (Å²) in [6, 6.07) is 7.54. The average molecular weight is 397 g/mol. The van der Waals surface area contributed by atoms with Gasteiger partial charge in [0, 0.05) is 24.0 Å². The van der Waals surface area contributed by atoms with E-state index in [9.17, 15) is 10.2 Å². The molecule has 29 heavy (non-hydrogen) atoms. The monoisotopic (exact) mass is 397 g/mol. The summed E-state index contributed by atoms with van der Waals surface area (Å²) >= 11 is 0. The molecule has 1 atom stereocenters. The largest absolute Gasteiger partial charge is 0.507 e. The molecule has 0 aliphatic carbocycles. The number of phenolic OH excluding ortho intramolecular Hbond substituents is 2. The number of benzene rings is 2. The van der Waals surface area contributed by atoms with Crippen LogP contribution >= 0.6 is 0 Å². The summed E-state index contributed by atoms with van der Waals surface area (Å²) in [5.41, 5.74) is 1.13. The third kappa shape index (κ3) is 3.49. The van der Waals surface area contributed by atoms with Gasteiger partial charge in [-0.1, -0.05) is 0 Å². The second-order valence-corrected chi connectivity index (χ2v) is 6.19. The molecule has 150 valence electrons. The summed E-state index contributed by atoms with van der Waals surface area (Å²) in [7, 11) is 2.89. The van der Waals surface area contributed by atoms with E-state index in [1.54, 1.807) is 36.7 Å². The SMILES string of the molecule is COc1cc([C@H](Nc2ncccn2)c2cc3c(cc2O)OCO3)cc(OC)c1O. The fraction of sp³-hybridized carbons (Fsp3) is 0.200. The molecule has 0 saturated carbocycles. The Labute approximate surface area is 166 Å². The number of phenols is 2. The molecule has 0 spiro atoms. The predicted molar refractivity (Wildman–Crippen MR) is 103 cm³/mol. The molecule has 9 nitrogen and oxygen atoms in total. The molecule has 0 bridgehead atoms. The topological polar surface area (TPSA) is 115 Å². The third-order valence-electron chi connectivity index (χ3n) is 4.51. The van der Waals surface area contributed by atoms with Crippen LogP contribution in [0.15, 0.2) is 42.7 Å². The van der Waals surface area contributed by atoms with E-state index in [0.717, 1.165) is 0 Å². The van der Waals surface area contributed by atoms with Crippen molar-refractivity contribution in [2.24, 2.45) is 0 Å². The molecule has 1 aliphatic heterocycles. The van der Waals surface area contributed by atoms with E-state index in [1.165, 1.54) is 20.3 Å². The first-order valence-corrected chi connectivity index (χ1v) is 8.71. The Bertz CT molecular complexity index is 1000. The van der Waals surface area contributed by atoms with Gasteiger partial charge in [0.25, 0.3) is 0 Å². The minimum atomic E-state index is -0.615. The molecule has 2 aromatic carbocycles. The van der Waals surface area contributed by atoms with Crippen LogP contribution in [0.2, 0.25) is 0 Å². The van der Waals surface area contributed by atoms with Crippen LogP contribution in [0.3, 0.4) is 0 Å². The van der Waals surface area contributed by atoms with E-state index in [1.807, 2.05) is 0 Å². The highest BCUT2D eigenvalue weighted by Gasteiger charge is 2.26. The van der Waals surface area contributed by atoms with Gasteiger partial charge in [-0.05, 0) is 29.8 Å². The number of fused-ring (bicyclic) bond motifs is 1. The Morgan fingerprint density at radius 2 is 1.59 bits per heavy atom. The summed E-state index contributed by atoms with van der Waals surface area (Å²) in [6.07, 6.45) is 3.20. The number of rotatable bonds is 6. The molecule has 0 fully saturated rings. The van der Waals surface area contributed by atoms with Gasteiger partial charge in [0.05, 0.1) is 20.3 Å². The minimum Gasteiger partial charge on any atom is -0.507 e. The molecule has 3 aromatic rings. The van der Waals surface area contributed by atoms with E-state index < -0.39 is 6.04 Å². The molecular formula is C20H19N3O6. The highest BCUT2D eigenvalue weighted by Crippen LogP contribution is 2.45. The highest BCUT2D eigenvalue weighted by molar-refractivity contribution is 5.59. The average Bonchev–Trinajstić information content (AvgIpc) is 3.20. The Morgan fingerprint density at radius 3 is 2.21 bits per heavy atom. The molecule has 1 aliphatic rings. The van der Waals surface area contributed by atoms with Crippen LogP contribution < -0.4 is 24.3 Å². The van der Waals surface area contributed by atoms with Crippen molar-refractivity contribution >= 4 is 5.95 Å². The molecule has 9 heteroatoms. The smallest absolute Gasteiger partial charge is 0.231 e. The highest BCUT2D eigenvalue weighted by atomic mass is 16.7. The molecule has 0 unspecified atom stereocenters. The zero-order chi connectivity index (χ0) is 20.4. The zero-order valence-electron chi connectivity index (χ0n) is 15.7. The standard InChI is InChI=1S/C20H19N3O6/c1-26-16-6-11(7-17(27-2)19(16)25)18(23-20-21-4-3-5-22-20)12-8-14-15(9-13(12)24)29-10-28-14/h3-9,18,24-25H,10H2,1-2H3,(H,21,22,23)/t18-/m0/s1. The normalized spacial score (nSPS) is 13.0. The first-order valence-electron chi connectivity index (χ1n) is 8.71. The van der Waals surface area contributed by atoms with Crippen molar-refractivity contribution in [2.45, 2.75) is 6.04 Å². The number of hydrogen-bond acceptors (Lipinski definition) is 9. The van der Waals surface area contributed by atoms with Gasteiger partial charge in [-0.3, -0.25) is 0 Å². The maximum Gasteiger partial charge on any atom is 0.231 e. The Balaban J connectivity index is 1.86. The zero-order valence-corrected chi connectivity index (χ0v) is 15.7. The molecule has 0 saturated heterocycles. The van der Waals surface area contributed by atoms with Gasteiger partial charge < -0.3 is 34.5 Å².